The number of nitrogens with one attached hydrogen (secondary N) is 1. The van der Waals surface area contributed by atoms with Gasteiger partial charge in [-0.3, -0.25) is 4.79 Å². The number of carbonyl (C=O) groups is 2. The molecule has 0 unspecified atom stereocenters. The molecule has 1 N–H and O–H groups in total. The number of ether oxygens (including phenoxy) is 3. The zero-order valence-corrected chi connectivity index (χ0v) is 14.7. The number of nitrogens with zero attached hydrogens (tertiary/aromatic N) is 1. The Morgan fingerprint density at radius 3 is 2.48 bits per heavy atom. The number of benzene rings is 1. The molecule has 0 spiro atoms. The van der Waals surface area contributed by atoms with Crippen molar-refractivity contribution in [3.8, 4) is 11.5 Å². The highest BCUT2D eigenvalue weighted by molar-refractivity contribution is 6.30. The van der Waals surface area contributed by atoms with E-state index in [9.17, 15) is 9.59 Å². The van der Waals surface area contributed by atoms with Gasteiger partial charge in [-0.25, -0.2) is 9.78 Å². The molecule has 0 saturated carbocycles. The molecule has 0 aliphatic heterocycles. The van der Waals surface area contributed by atoms with Crippen LogP contribution in [-0.2, 0) is 9.53 Å². The summed E-state index contributed by atoms with van der Waals surface area (Å²) in [5.41, 5.74) is 0.504. The first kappa shape index (κ1) is 18.5. The Bertz CT molecular complexity index is 781. The standard InChI is InChI=1S/C17H17ClN2O5/c1-10(25-17(22)13-8-11(18)6-7-19-13)16(21)20-12-4-5-14(23-2)15(9-12)24-3/h4-10H,1-3H3,(H,20,21)/t10-/m0/s1. The van der Waals surface area contributed by atoms with Gasteiger partial charge in [-0.2, -0.15) is 0 Å². The second-order valence-electron chi connectivity index (χ2n) is 4.97. The highest BCUT2D eigenvalue weighted by atomic mass is 35.5. The van der Waals surface area contributed by atoms with Crippen LogP contribution in [0.5, 0.6) is 11.5 Å². The van der Waals surface area contributed by atoms with Crippen LogP contribution in [-0.4, -0.2) is 37.2 Å². The first-order valence-corrected chi connectivity index (χ1v) is 7.67. The van der Waals surface area contributed by atoms with E-state index in [-0.39, 0.29) is 5.69 Å². The first-order valence-electron chi connectivity index (χ1n) is 7.30. The smallest absolute Gasteiger partial charge is 0.357 e. The van der Waals surface area contributed by atoms with E-state index in [1.54, 1.807) is 18.2 Å². The van der Waals surface area contributed by atoms with E-state index in [2.05, 4.69) is 10.3 Å². The fraction of sp³-hybridized carbons (Fsp3) is 0.235. The summed E-state index contributed by atoms with van der Waals surface area (Å²) in [6.45, 7) is 1.46. The highest BCUT2D eigenvalue weighted by Crippen LogP contribution is 2.29. The molecule has 8 heteroatoms. The Labute approximate surface area is 149 Å². The van der Waals surface area contributed by atoms with E-state index < -0.39 is 18.0 Å². The zero-order chi connectivity index (χ0) is 18.4. The molecule has 1 atom stereocenters. The summed E-state index contributed by atoms with van der Waals surface area (Å²) in [4.78, 5) is 28.0. The average Bonchev–Trinajstić information content (AvgIpc) is 2.61. The minimum Gasteiger partial charge on any atom is -0.493 e. The maximum absolute atomic E-state index is 12.2. The molecule has 1 aromatic heterocycles. The number of pyridine rings is 1. The molecule has 0 aliphatic carbocycles. The fourth-order valence-corrected chi connectivity index (χ4v) is 2.11. The van der Waals surface area contributed by atoms with Crippen LogP contribution in [0.4, 0.5) is 5.69 Å². The first-order chi connectivity index (χ1) is 11.9. The molecule has 0 radical (unpaired) electrons. The summed E-state index contributed by atoms with van der Waals surface area (Å²) in [6, 6.07) is 7.80. The van der Waals surface area contributed by atoms with Gasteiger partial charge in [0.2, 0.25) is 0 Å². The van der Waals surface area contributed by atoms with Gasteiger partial charge in [-0.15, -0.1) is 0 Å². The zero-order valence-electron chi connectivity index (χ0n) is 13.9. The predicted molar refractivity (Wildman–Crippen MR) is 92.3 cm³/mol. The molecular formula is C17H17ClN2O5. The third-order valence-corrected chi connectivity index (χ3v) is 3.47. The number of anilines is 1. The summed E-state index contributed by atoms with van der Waals surface area (Å²) in [6.07, 6.45) is 0.356. The van der Waals surface area contributed by atoms with E-state index in [4.69, 9.17) is 25.8 Å². The number of hydrogen-bond acceptors (Lipinski definition) is 6. The van der Waals surface area contributed by atoms with E-state index in [1.807, 2.05) is 0 Å². The summed E-state index contributed by atoms with van der Waals surface area (Å²) in [7, 11) is 3.01. The molecule has 132 valence electrons. The molecule has 1 heterocycles. The lowest BCUT2D eigenvalue weighted by Crippen LogP contribution is -2.30. The third-order valence-electron chi connectivity index (χ3n) is 3.24. The van der Waals surface area contributed by atoms with Crippen molar-refractivity contribution in [2.24, 2.45) is 0 Å². The number of amides is 1. The number of aromatic nitrogens is 1. The lowest BCUT2D eigenvalue weighted by molar-refractivity contribution is -0.123. The topological polar surface area (TPSA) is 86.8 Å². The van der Waals surface area contributed by atoms with Gasteiger partial charge in [0.05, 0.1) is 14.2 Å². The van der Waals surface area contributed by atoms with Crippen molar-refractivity contribution in [2.45, 2.75) is 13.0 Å². The van der Waals surface area contributed by atoms with Crippen LogP contribution in [0, 0.1) is 0 Å². The van der Waals surface area contributed by atoms with Gasteiger partial charge in [-0.05, 0) is 31.2 Å². The van der Waals surface area contributed by atoms with E-state index in [1.165, 1.54) is 39.5 Å². The Morgan fingerprint density at radius 2 is 1.84 bits per heavy atom. The molecule has 25 heavy (non-hydrogen) atoms. The van der Waals surface area contributed by atoms with Crippen LogP contribution < -0.4 is 14.8 Å². The summed E-state index contributed by atoms with van der Waals surface area (Å²) in [5, 5.41) is 2.99. The minimum atomic E-state index is -1.03. The molecule has 2 aromatic rings. The highest BCUT2D eigenvalue weighted by Gasteiger charge is 2.20. The summed E-state index contributed by atoms with van der Waals surface area (Å²) < 4.78 is 15.4. The van der Waals surface area contributed by atoms with Gasteiger partial charge in [0.25, 0.3) is 5.91 Å². The Kier molecular flexibility index (Phi) is 6.19. The number of methoxy groups -OCH3 is 2. The van der Waals surface area contributed by atoms with Crippen LogP contribution in [0.1, 0.15) is 17.4 Å². The Morgan fingerprint density at radius 1 is 1.12 bits per heavy atom. The number of hydrogen-bond donors (Lipinski definition) is 1. The maximum atomic E-state index is 12.2. The van der Waals surface area contributed by atoms with Crippen LogP contribution in [0.15, 0.2) is 36.5 Å². The summed E-state index contributed by atoms with van der Waals surface area (Å²) in [5.74, 6) is -0.236. The molecule has 1 aromatic carbocycles. The van der Waals surface area contributed by atoms with Crippen LogP contribution >= 0.6 is 11.6 Å². The molecule has 2 rings (SSSR count). The molecule has 0 saturated heterocycles. The molecule has 0 aliphatic rings. The van der Waals surface area contributed by atoms with E-state index in [0.29, 0.717) is 22.2 Å². The van der Waals surface area contributed by atoms with Crippen molar-refractivity contribution >= 4 is 29.2 Å². The molecular weight excluding hydrogens is 348 g/mol. The van der Waals surface area contributed by atoms with Crippen LogP contribution in [0.25, 0.3) is 0 Å². The van der Waals surface area contributed by atoms with Crippen LogP contribution in [0.2, 0.25) is 5.02 Å². The average molecular weight is 365 g/mol. The largest absolute Gasteiger partial charge is 0.493 e. The van der Waals surface area contributed by atoms with Crippen molar-refractivity contribution in [1.29, 1.82) is 0 Å². The number of halogens is 1. The fourth-order valence-electron chi connectivity index (χ4n) is 1.95. The second kappa shape index (κ2) is 8.34. The summed E-state index contributed by atoms with van der Waals surface area (Å²) >= 11 is 5.80. The van der Waals surface area contributed by atoms with Crippen molar-refractivity contribution < 1.29 is 23.8 Å². The maximum Gasteiger partial charge on any atom is 0.357 e. The van der Waals surface area contributed by atoms with Gasteiger partial charge >= 0.3 is 5.97 Å². The second-order valence-corrected chi connectivity index (χ2v) is 5.40. The number of esters is 1. The van der Waals surface area contributed by atoms with Crippen molar-refractivity contribution in [3.05, 3.63) is 47.2 Å². The lowest BCUT2D eigenvalue weighted by atomic mass is 10.2. The Hall–Kier alpha value is -2.80. The van der Waals surface area contributed by atoms with Gasteiger partial charge < -0.3 is 19.5 Å². The van der Waals surface area contributed by atoms with Crippen LogP contribution in [0.3, 0.4) is 0 Å². The van der Waals surface area contributed by atoms with Gasteiger partial charge in [0, 0.05) is 23.0 Å². The van der Waals surface area contributed by atoms with E-state index in [0.717, 1.165) is 0 Å². The minimum absolute atomic E-state index is 0.0262. The van der Waals surface area contributed by atoms with Crippen molar-refractivity contribution in [1.82, 2.24) is 4.98 Å². The molecule has 1 amide bonds. The SMILES string of the molecule is COc1ccc(NC(=O)[C@H](C)OC(=O)c2cc(Cl)ccn2)cc1OC. The predicted octanol–water partition coefficient (Wildman–Crippen LogP) is 2.94. The quantitative estimate of drug-likeness (QED) is 0.793. The number of rotatable bonds is 6. The third kappa shape index (κ3) is 4.84. The van der Waals surface area contributed by atoms with Gasteiger partial charge in [0.1, 0.15) is 5.69 Å². The van der Waals surface area contributed by atoms with Gasteiger partial charge in [-0.1, -0.05) is 11.6 Å². The normalized spacial score (nSPS) is 11.4. The Balaban J connectivity index is 2.01. The molecule has 7 nitrogen and oxygen atoms in total. The van der Waals surface area contributed by atoms with Crippen molar-refractivity contribution in [2.75, 3.05) is 19.5 Å². The molecule has 0 bridgehead atoms. The van der Waals surface area contributed by atoms with Crippen molar-refractivity contribution in [3.63, 3.8) is 0 Å². The lowest BCUT2D eigenvalue weighted by Gasteiger charge is -2.14. The number of carbonyl (C=O) groups excluding carboxylic acids is 2. The van der Waals surface area contributed by atoms with Gasteiger partial charge in [0.15, 0.2) is 17.6 Å². The van der Waals surface area contributed by atoms with E-state index >= 15 is 0 Å². The molecule has 0 fully saturated rings. The monoisotopic (exact) mass is 364 g/mol.